The highest BCUT2D eigenvalue weighted by Gasteiger charge is 2.54. The lowest BCUT2D eigenvalue weighted by molar-refractivity contribution is 0.433. The van der Waals surface area contributed by atoms with Gasteiger partial charge in [0.05, 0.1) is 10.8 Å². The molecule has 0 amide bonds. The summed E-state index contributed by atoms with van der Waals surface area (Å²) in [6.45, 7) is 18.7. The van der Waals surface area contributed by atoms with Gasteiger partial charge in [0, 0.05) is 44.7 Å². The molecule has 0 radical (unpaired) electrons. The van der Waals surface area contributed by atoms with Gasteiger partial charge in [-0.25, -0.2) is 0 Å². The molecule has 0 atom stereocenters. The molecule has 10 aromatic carbocycles. The SMILES string of the molecule is CC(C)(C)c1ccc2c(c1)C1(c3cc(C(C)(C)C)ccc3O2)c2ccccc2-c2ccc(N(c3ccc4c(c3)C(C)(C)c3ccccc3-4)c3ccc4c(c3)C3(c5ccccc5Oc5ccccc53)c3ccccc3-4)cc21. The maximum Gasteiger partial charge on any atom is 0.132 e. The summed E-state index contributed by atoms with van der Waals surface area (Å²) in [7, 11) is 0. The molecule has 2 heterocycles. The smallest absolute Gasteiger partial charge is 0.132 e. The van der Waals surface area contributed by atoms with Crippen LogP contribution in [0.4, 0.5) is 17.1 Å². The molecular weight excluding hydrogens is 923 g/mol. The predicted octanol–water partition coefficient (Wildman–Crippen LogP) is 19.0. The van der Waals surface area contributed by atoms with E-state index in [-0.39, 0.29) is 16.2 Å². The Bertz CT molecular complexity index is 4030. The van der Waals surface area contributed by atoms with Gasteiger partial charge in [-0.3, -0.25) is 0 Å². The highest BCUT2D eigenvalue weighted by molar-refractivity contribution is 5.95. The van der Waals surface area contributed by atoms with Gasteiger partial charge < -0.3 is 14.4 Å². The fourth-order valence-corrected chi connectivity index (χ4v) is 14.3. The minimum absolute atomic E-state index is 0.0968. The summed E-state index contributed by atoms with van der Waals surface area (Å²) in [6, 6.07) is 80.1. The van der Waals surface area contributed by atoms with Crippen LogP contribution >= 0.6 is 0 Å². The van der Waals surface area contributed by atoms with Crippen LogP contribution in [0.15, 0.2) is 212 Å². The Kier molecular flexibility index (Phi) is 9.10. The summed E-state index contributed by atoms with van der Waals surface area (Å²) in [5.41, 5.74) is 24.1. The fraction of sp³-hybridized carbons (Fsp3) is 0.178. The van der Waals surface area contributed by atoms with Gasteiger partial charge in [-0.1, -0.05) is 195 Å². The van der Waals surface area contributed by atoms with E-state index in [1.54, 1.807) is 0 Å². The third-order valence-electron chi connectivity index (χ3n) is 17.9. The number of hydrogen-bond donors (Lipinski definition) is 0. The van der Waals surface area contributed by atoms with Crippen molar-refractivity contribution >= 4 is 17.1 Å². The van der Waals surface area contributed by atoms with Crippen molar-refractivity contribution in [2.24, 2.45) is 0 Å². The van der Waals surface area contributed by atoms with E-state index in [4.69, 9.17) is 9.47 Å². The van der Waals surface area contributed by atoms with Gasteiger partial charge >= 0.3 is 0 Å². The molecule has 2 spiro atoms. The summed E-state index contributed by atoms with van der Waals surface area (Å²) in [5, 5.41) is 0. The number of anilines is 3. The van der Waals surface area contributed by atoms with Crippen molar-refractivity contribution in [3.63, 3.8) is 0 Å². The Labute approximate surface area is 447 Å². The third kappa shape index (κ3) is 5.89. The first kappa shape index (κ1) is 45.0. The van der Waals surface area contributed by atoms with Crippen LogP contribution < -0.4 is 14.4 Å². The van der Waals surface area contributed by atoms with Crippen molar-refractivity contribution in [1.29, 1.82) is 0 Å². The molecule has 3 nitrogen and oxygen atoms in total. The van der Waals surface area contributed by atoms with E-state index in [0.717, 1.165) is 51.2 Å². The van der Waals surface area contributed by atoms with Crippen molar-refractivity contribution in [2.45, 2.75) is 82.5 Å². The molecule has 0 bridgehead atoms. The number of benzene rings is 10. The normalized spacial score (nSPS) is 15.6. The van der Waals surface area contributed by atoms with E-state index in [2.05, 4.69) is 273 Å². The first-order valence-electron chi connectivity index (χ1n) is 27.1. The number of fused-ring (bicyclic) bond motifs is 21. The monoisotopic (exact) mass is 981 g/mol. The fourth-order valence-electron chi connectivity index (χ4n) is 14.3. The Morgan fingerprint density at radius 2 is 0.618 bits per heavy atom. The number of ether oxygens (including phenoxy) is 2. The third-order valence-corrected chi connectivity index (χ3v) is 17.9. The average molecular weight is 982 g/mol. The molecule has 3 heteroatoms. The highest BCUT2D eigenvalue weighted by atomic mass is 16.5. The maximum absolute atomic E-state index is 7.09. The zero-order valence-corrected chi connectivity index (χ0v) is 44.5. The largest absolute Gasteiger partial charge is 0.457 e. The van der Waals surface area contributed by atoms with Crippen molar-refractivity contribution in [1.82, 2.24) is 0 Å². The number of hydrogen-bond acceptors (Lipinski definition) is 3. The number of para-hydroxylation sites is 2. The Balaban J connectivity index is 1.03. The van der Waals surface area contributed by atoms with Crippen LogP contribution in [0.25, 0.3) is 33.4 Å². The van der Waals surface area contributed by atoms with E-state index >= 15 is 0 Å². The molecule has 0 saturated carbocycles. The van der Waals surface area contributed by atoms with Gasteiger partial charge in [-0.05, 0) is 162 Å². The maximum atomic E-state index is 7.09. The first-order valence-corrected chi connectivity index (χ1v) is 27.1. The quantitative estimate of drug-likeness (QED) is 0.176. The molecule has 15 rings (SSSR count). The van der Waals surface area contributed by atoms with Gasteiger partial charge in [-0.15, -0.1) is 0 Å². The molecule has 0 fully saturated rings. The second-order valence-corrected chi connectivity index (χ2v) is 24.4. The van der Waals surface area contributed by atoms with Crippen LogP contribution in [0, 0.1) is 0 Å². The molecule has 3 aliphatic carbocycles. The van der Waals surface area contributed by atoms with E-state index in [1.165, 1.54) is 89.0 Å². The summed E-state index contributed by atoms with van der Waals surface area (Å²) in [5.74, 6) is 3.57. The molecule has 0 N–H and O–H groups in total. The molecular formula is C73H59NO2. The second-order valence-electron chi connectivity index (χ2n) is 24.4. The molecule has 5 aliphatic rings. The van der Waals surface area contributed by atoms with E-state index in [9.17, 15) is 0 Å². The number of nitrogens with zero attached hydrogens (tertiary/aromatic N) is 1. The Hall–Kier alpha value is -8.40. The molecule has 0 aromatic heterocycles. The van der Waals surface area contributed by atoms with Crippen molar-refractivity contribution in [3.05, 3.63) is 279 Å². The molecule has 0 saturated heterocycles. The Morgan fingerprint density at radius 1 is 0.289 bits per heavy atom. The van der Waals surface area contributed by atoms with Crippen LogP contribution in [-0.2, 0) is 27.1 Å². The topological polar surface area (TPSA) is 21.7 Å². The van der Waals surface area contributed by atoms with Crippen LogP contribution in [0.5, 0.6) is 23.0 Å². The Morgan fingerprint density at radius 3 is 1.07 bits per heavy atom. The zero-order valence-electron chi connectivity index (χ0n) is 44.5. The molecule has 10 aromatic rings. The van der Waals surface area contributed by atoms with E-state index in [1.807, 2.05) is 0 Å². The van der Waals surface area contributed by atoms with Crippen LogP contribution in [0.3, 0.4) is 0 Å². The minimum Gasteiger partial charge on any atom is -0.457 e. The van der Waals surface area contributed by atoms with Crippen molar-refractivity contribution in [3.8, 4) is 56.4 Å². The van der Waals surface area contributed by atoms with Crippen molar-refractivity contribution in [2.75, 3.05) is 4.90 Å². The second kappa shape index (κ2) is 15.4. The summed E-state index contributed by atoms with van der Waals surface area (Å²) >= 11 is 0. The first-order chi connectivity index (χ1) is 36.7. The van der Waals surface area contributed by atoms with E-state index in [0.29, 0.717) is 0 Å². The lowest BCUT2D eigenvalue weighted by Gasteiger charge is -2.41. The van der Waals surface area contributed by atoms with Gasteiger partial charge in [0.2, 0.25) is 0 Å². The lowest BCUT2D eigenvalue weighted by atomic mass is 9.64. The molecule has 368 valence electrons. The number of rotatable bonds is 3. The summed E-state index contributed by atoms with van der Waals surface area (Å²) < 4.78 is 13.9. The molecule has 76 heavy (non-hydrogen) atoms. The summed E-state index contributed by atoms with van der Waals surface area (Å²) in [6.07, 6.45) is 0. The van der Waals surface area contributed by atoms with E-state index < -0.39 is 10.8 Å². The average Bonchev–Trinajstić information content (AvgIpc) is 4.08. The van der Waals surface area contributed by atoms with Gasteiger partial charge in [0.15, 0.2) is 0 Å². The minimum atomic E-state index is -0.695. The van der Waals surface area contributed by atoms with Gasteiger partial charge in [-0.2, -0.15) is 0 Å². The summed E-state index contributed by atoms with van der Waals surface area (Å²) in [4.78, 5) is 2.54. The van der Waals surface area contributed by atoms with Crippen LogP contribution in [0.1, 0.15) is 122 Å². The molecule has 2 aliphatic heterocycles. The highest BCUT2D eigenvalue weighted by Crippen LogP contribution is 2.66. The zero-order chi connectivity index (χ0) is 51.7. The standard InChI is InChI=1S/C73H59NO2/c1-69(2,3)44-29-37-67-63(39-44)73(64-40-45(70(4,5)6)30-38-68(64)76-67)57-24-14-11-21-51(57)54-36-33-48(43-62(54)73)74(46-31-34-52-49-19-9-12-22-55(49)71(7,8)60(52)41-46)47-32-35-53-50-20-10-13-23-56(50)72(61(53)42-47)58-25-15-17-27-65(58)75-66-28-18-16-26-59(66)72/h9-43H,1-8H3. The van der Waals surface area contributed by atoms with Crippen LogP contribution in [-0.4, -0.2) is 0 Å². The van der Waals surface area contributed by atoms with Gasteiger partial charge in [0.1, 0.15) is 23.0 Å². The van der Waals surface area contributed by atoms with Crippen LogP contribution in [0.2, 0.25) is 0 Å². The molecule has 0 unspecified atom stereocenters. The van der Waals surface area contributed by atoms with Gasteiger partial charge in [0.25, 0.3) is 0 Å². The lowest BCUT2D eigenvalue weighted by Crippen LogP contribution is -2.33. The van der Waals surface area contributed by atoms with Crippen molar-refractivity contribution < 1.29 is 9.47 Å². The predicted molar refractivity (Wildman–Crippen MR) is 311 cm³/mol.